The van der Waals surface area contributed by atoms with Crippen molar-refractivity contribution in [1.82, 2.24) is 10.6 Å². The lowest BCUT2D eigenvalue weighted by Crippen LogP contribution is -2.42. The van der Waals surface area contributed by atoms with Gasteiger partial charge >= 0.3 is 12.0 Å². The summed E-state index contributed by atoms with van der Waals surface area (Å²) in [6, 6.07) is 3.30. The molecule has 6 nitrogen and oxygen atoms in total. The lowest BCUT2D eigenvalue weighted by Gasteiger charge is -2.08. The normalized spacial score (nSPS) is 10.8. The van der Waals surface area contributed by atoms with Crippen molar-refractivity contribution in [3.63, 3.8) is 0 Å². The average Bonchev–Trinajstić information content (AvgIpc) is 2.87. The van der Waals surface area contributed by atoms with Gasteiger partial charge in [-0.25, -0.2) is 14.0 Å². The lowest BCUT2D eigenvalue weighted by atomic mass is 10.2. The molecule has 0 aliphatic carbocycles. The highest BCUT2D eigenvalue weighted by atomic mass is 35.5. The zero-order valence-electron chi connectivity index (χ0n) is 13.5. The predicted molar refractivity (Wildman–Crippen MR) is 93.5 cm³/mol. The van der Waals surface area contributed by atoms with Crippen molar-refractivity contribution in [3.05, 3.63) is 33.9 Å². The van der Waals surface area contributed by atoms with Gasteiger partial charge in [0.2, 0.25) is 0 Å². The number of carbonyl (C=O) groups is 3. The highest BCUT2D eigenvalue weighted by Gasteiger charge is 2.20. The van der Waals surface area contributed by atoms with Crippen LogP contribution >= 0.6 is 22.9 Å². The summed E-state index contributed by atoms with van der Waals surface area (Å²) in [7, 11) is 0. The van der Waals surface area contributed by atoms with E-state index in [2.05, 4.69) is 5.32 Å². The third kappa shape index (κ3) is 5.14. The Morgan fingerprint density at radius 1 is 1.32 bits per heavy atom. The third-order valence-corrected chi connectivity index (χ3v) is 4.67. The number of halogens is 2. The molecule has 0 fully saturated rings. The molecule has 0 atom stereocenters. The van der Waals surface area contributed by atoms with E-state index in [4.69, 9.17) is 16.3 Å². The molecule has 9 heteroatoms. The number of urea groups is 1. The number of nitrogens with one attached hydrogen (secondary N) is 2. The van der Waals surface area contributed by atoms with Crippen molar-refractivity contribution >= 4 is 50.9 Å². The highest BCUT2D eigenvalue weighted by Crippen LogP contribution is 2.36. The summed E-state index contributed by atoms with van der Waals surface area (Å²) in [6.07, 6.45) is 0. The van der Waals surface area contributed by atoms with Crippen LogP contribution in [0.15, 0.2) is 18.2 Å². The third-order valence-electron chi connectivity index (χ3n) is 3.04. The number of benzene rings is 1. The summed E-state index contributed by atoms with van der Waals surface area (Å²) in [5, 5.41) is 5.21. The van der Waals surface area contributed by atoms with Gasteiger partial charge in [-0.2, -0.15) is 0 Å². The number of ether oxygens (including phenoxy) is 1. The molecular formula is C16H16ClFN2O4S. The molecule has 0 spiro atoms. The molecule has 0 bridgehead atoms. The number of amides is 3. The number of thiophene rings is 1. The smallest absolute Gasteiger partial charge is 0.350 e. The van der Waals surface area contributed by atoms with Crippen molar-refractivity contribution in [2.45, 2.75) is 13.8 Å². The fraction of sp³-hybridized carbons (Fsp3) is 0.312. The van der Waals surface area contributed by atoms with Crippen molar-refractivity contribution in [2.24, 2.45) is 5.92 Å². The molecule has 1 aromatic heterocycles. The molecule has 0 unspecified atom stereocenters. The maximum Gasteiger partial charge on any atom is 0.350 e. The largest absolute Gasteiger partial charge is 0.451 e. The highest BCUT2D eigenvalue weighted by molar-refractivity contribution is 7.21. The molecule has 2 rings (SSSR count). The van der Waals surface area contributed by atoms with Crippen LogP contribution in [0.1, 0.15) is 23.5 Å². The molecule has 2 N–H and O–H groups in total. The number of carbonyl (C=O) groups excluding carboxylic acids is 3. The van der Waals surface area contributed by atoms with Gasteiger partial charge in [0.05, 0.1) is 5.02 Å². The predicted octanol–water partition coefficient (Wildman–Crippen LogP) is 3.33. The topological polar surface area (TPSA) is 84.5 Å². The van der Waals surface area contributed by atoms with E-state index in [9.17, 15) is 18.8 Å². The van der Waals surface area contributed by atoms with Crippen LogP contribution in [0.25, 0.3) is 10.1 Å². The summed E-state index contributed by atoms with van der Waals surface area (Å²) in [6.45, 7) is 3.59. The first-order chi connectivity index (χ1) is 11.8. The van der Waals surface area contributed by atoms with E-state index >= 15 is 0 Å². The second kappa shape index (κ2) is 8.26. The number of hydrogen-bond donors (Lipinski definition) is 2. The Kier molecular flexibility index (Phi) is 6.33. The Morgan fingerprint density at radius 2 is 2.04 bits per heavy atom. The standard InChI is InChI=1S/C16H16ClFN2O4S/c1-8(2)6-19-16(23)20-12(21)7-24-15(22)14-13(17)10-4-3-9(18)5-11(10)25-14/h3-5,8H,6-7H2,1-2H3,(H2,19,20,21,23). The van der Waals surface area contributed by atoms with Crippen LogP contribution in [0.3, 0.4) is 0 Å². The molecule has 0 saturated carbocycles. The van der Waals surface area contributed by atoms with E-state index in [1.54, 1.807) is 0 Å². The Hall–Kier alpha value is -2.19. The summed E-state index contributed by atoms with van der Waals surface area (Å²) >= 11 is 7.06. The molecular weight excluding hydrogens is 371 g/mol. The van der Waals surface area contributed by atoms with E-state index < -0.39 is 30.3 Å². The Balaban J connectivity index is 1.93. The second-order valence-corrected chi connectivity index (χ2v) is 7.04. The quantitative estimate of drug-likeness (QED) is 0.772. The van der Waals surface area contributed by atoms with Crippen LogP contribution in [0.2, 0.25) is 5.02 Å². The second-order valence-electron chi connectivity index (χ2n) is 5.61. The molecule has 3 amide bonds. The Labute approximate surface area is 152 Å². The SMILES string of the molecule is CC(C)CNC(=O)NC(=O)COC(=O)c1sc2cc(F)ccc2c1Cl. The summed E-state index contributed by atoms with van der Waals surface area (Å²) in [4.78, 5) is 35.2. The van der Waals surface area contributed by atoms with Crippen molar-refractivity contribution in [2.75, 3.05) is 13.2 Å². The number of hydrogen-bond acceptors (Lipinski definition) is 5. The fourth-order valence-electron chi connectivity index (χ4n) is 1.87. The van der Waals surface area contributed by atoms with Gasteiger partial charge in [-0.05, 0) is 24.1 Å². The molecule has 0 radical (unpaired) electrons. The van der Waals surface area contributed by atoms with E-state index in [0.717, 1.165) is 11.3 Å². The van der Waals surface area contributed by atoms with Crippen LogP contribution in [-0.2, 0) is 9.53 Å². The van der Waals surface area contributed by atoms with Crippen LogP contribution < -0.4 is 10.6 Å². The van der Waals surface area contributed by atoms with Gasteiger partial charge in [-0.3, -0.25) is 10.1 Å². The van der Waals surface area contributed by atoms with Gasteiger partial charge < -0.3 is 10.1 Å². The molecule has 1 heterocycles. The van der Waals surface area contributed by atoms with Crippen LogP contribution in [0.4, 0.5) is 9.18 Å². The van der Waals surface area contributed by atoms with Gasteiger partial charge in [0.25, 0.3) is 5.91 Å². The molecule has 25 heavy (non-hydrogen) atoms. The van der Waals surface area contributed by atoms with Gasteiger partial charge in [0.1, 0.15) is 10.7 Å². The van der Waals surface area contributed by atoms with Crippen molar-refractivity contribution < 1.29 is 23.5 Å². The van der Waals surface area contributed by atoms with Gasteiger partial charge in [0.15, 0.2) is 6.61 Å². The number of rotatable bonds is 5. The molecule has 0 aliphatic heterocycles. The van der Waals surface area contributed by atoms with E-state index in [-0.39, 0.29) is 15.8 Å². The first-order valence-corrected chi connectivity index (χ1v) is 8.59. The Bertz CT molecular complexity index is 822. The maximum absolute atomic E-state index is 13.2. The fourth-order valence-corrected chi connectivity index (χ4v) is 3.30. The van der Waals surface area contributed by atoms with Crippen LogP contribution in [0.5, 0.6) is 0 Å². The lowest BCUT2D eigenvalue weighted by molar-refractivity contribution is -0.123. The molecule has 0 saturated heterocycles. The summed E-state index contributed by atoms with van der Waals surface area (Å²) in [5.41, 5.74) is 0. The first kappa shape index (κ1) is 19.1. The van der Waals surface area contributed by atoms with Crippen molar-refractivity contribution in [1.29, 1.82) is 0 Å². The summed E-state index contributed by atoms with van der Waals surface area (Å²) < 4.78 is 18.6. The van der Waals surface area contributed by atoms with Gasteiger partial charge in [-0.1, -0.05) is 25.4 Å². The number of esters is 1. The van der Waals surface area contributed by atoms with Crippen molar-refractivity contribution in [3.8, 4) is 0 Å². The van der Waals surface area contributed by atoms with E-state index in [0.29, 0.717) is 16.6 Å². The molecule has 1 aromatic carbocycles. The minimum atomic E-state index is -0.815. The Morgan fingerprint density at radius 3 is 2.72 bits per heavy atom. The first-order valence-electron chi connectivity index (χ1n) is 7.40. The number of imide groups is 1. The zero-order valence-corrected chi connectivity index (χ0v) is 15.1. The molecule has 2 aromatic rings. The monoisotopic (exact) mass is 386 g/mol. The molecule has 0 aliphatic rings. The summed E-state index contributed by atoms with van der Waals surface area (Å²) in [5.74, 6) is -1.79. The van der Waals surface area contributed by atoms with Crippen LogP contribution in [-0.4, -0.2) is 31.1 Å². The van der Waals surface area contributed by atoms with Gasteiger partial charge in [0, 0.05) is 16.6 Å². The van der Waals surface area contributed by atoms with E-state index in [1.807, 2.05) is 19.2 Å². The van der Waals surface area contributed by atoms with E-state index in [1.165, 1.54) is 18.2 Å². The van der Waals surface area contributed by atoms with Gasteiger partial charge in [-0.15, -0.1) is 11.3 Å². The van der Waals surface area contributed by atoms with Crippen LogP contribution in [0, 0.1) is 11.7 Å². The average molecular weight is 387 g/mol. The maximum atomic E-state index is 13.2. The number of fused-ring (bicyclic) bond motifs is 1. The minimum absolute atomic E-state index is 0.0688. The zero-order chi connectivity index (χ0) is 18.6. The molecule has 134 valence electrons. The minimum Gasteiger partial charge on any atom is -0.451 e.